The van der Waals surface area contributed by atoms with Crippen LogP contribution in [0.25, 0.3) is 5.57 Å². The molecule has 1 saturated carbocycles. The first-order valence-corrected chi connectivity index (χ1v) is 10.1. The molecule has 0 radical (unpaired) electrons. The summed E-state index contributed by atoms with van der Waals surface area (Å²) >= 11 is 0. The molecule has 2 aromatic carbocycles. The largest absolute Gasteiger partial charge is 0.497 e. The SMILES string of the molecule is COc1ccc(/C(=C2/CCCC(C)(C)C2)c2cc(OC)c(OC)c(OC)c2)cc1. The molecule has 0 unspecified atom stereocenters. The molecular formula is C25H32O4. The topological polar surface area (TPSA) is 36.9 Å². The number of benzene rings is 2. The van der Waals surface area contributed by atoms with E-state index in [1.54, 1.807) is 28.4 Å². The van der Waals surface area contributed by atoms with Crippen LogP contribution in [-0.2, 0) is 0 Å². The highest BCUT2D eigenvalue weighted by Crippen LogP contribution is 2.46. The molecule has 3 rings (SSSR count). The zero-order chi connectivity index (χ0) is 21.0. The first-order valence-electron chi connectivity index (χ1n) is 10.1. The van der Waals surface area contributed by atoms with Crippen molar-refractivity contribution in [3.63, 3.8) is 0 Å². The van der Waals surface area contributed by atoms with Gasteiger partial charge in [-0.05, 0) is 72.1 Å². The van der Waals surface area contributed by atoms with Crippen LogP contribution < -0.4 is 18.9 Å². The second-order valence-electron chi connectivity index (χ2n) is 8.32. The van der Waals surface area contributed by atoms with E-state index in [1.165, 1.54) is 29.6 Å². The van der Waals surface area contributed by atoms with Gasteiger partial charge in [-0.1, -0.05) is 31.6 Å². The van der Waals surface area contributed by atoms with Crippen LogP contribution in [0.2, 0.25) is 0 Å². The van der Waals surface area contributed by atoms with Gasteiger partial charge in [0.1, 0.15) is 5.75 Å². The minimum Gasteiger partial charge on any atom is -0.497 e. The zero-order valence-corrected chi connectivity index (χ0v) is 18.4. The maximum Gasteiger partial charge on any atom is 0.203 e. The molecule has 0 spiro atoms. The van der Waals surface area contributed by atoms with Crippen molar-refractivity contribution in [3.05, 3.63) is 53.1 Å². The van der Waals surface area contributed by atoms with Crippen molar-refractivity contribution in [2.75, 3.05) is 28.4 Å². The van der Waals surface area contributed by atoms with E-state index in [9.17, 15) is 0 Å². The van der Waals surface area contributed by atoms with Crippen LogP contribution in [0.3, 0.4) is 0 Å². The van der Waals surface area contributed by atoms with E-state index < -0.39 is 0 Å². The Balaban J connectivity index is 2.23. The lowest BCUT2D eigenvalue weighted by Crippen LogP contribution is -2.18. The highest BCUT2D eigenvalue weighted by atomic mass is 16.5. The van der Waals surface area contributed by atoms with Gasteiger partial charge in [-0.15, -0.1) is 0 Å². The monoisotopic (exact) mass is 396 g/mol. The highest BCUT2D eigenvalue weighted by Gasteiger charge is 2.27. The Bertz CT molecular complexity index is 853. The van der Waals surface area contributed by atoms with Crippen molar-refractivity contribution in [3.8, 4) is 23.0 Å². The molecule has 156 valence electrons. The predicted octanol–water partition coefficient (Wildman–Crippen LogP) is 6.12. The molecule has 0 atom stereocenters. The number of rotatable bonds is 6. The Labute approximate surface area is 174 Å². The van der Waals surface area contributed by atoms with Gasteiger partial charge in [0.25, 0.3) is 0 Å². The quantitative estimate of drug-likeness (QED) is 0.589. The first-order chi connectivity index (χ1) is 13.9. The van der Waals surface area contributed by atoms with Gasteiger partial charge in [-0.25, -0.2) is 0 Å². The molecule has 0 N–H and O–H groups in total. The minimum absolute atomic E-state index is 0.298. The van der Waals surface area contributed by atoms with Crippen molar-refractivity contribution in [1.82, 2.24) is 0 Å². The van der Waals surface area contributed by atoms with Gasteiger partial charge in [0.05, 0.1) is 28.4 Å². The highest BCUT2D eigenvalue weighted by molar-refractivity contribution is 5.84. The lowest BCUT2D eigenvalue weighted by atomic mass is 9.72. The zero-order valence-electron chi connectivity index (χ0n) is 18.4. The van der Waals surface area contributed by atoms with Gasteiger partial charge >= 0.3 is 0 Å². The van der Waals surface area contributed by atoms with E-state index in [2.05, 4.69) is 38.1 Å². The molecule has 0 saturated heterocycles. The molecule has 4 heteroatoms. The van der Waals surface area contributed by atoms with Crippen LogP contribution in [0.1, 0.15) is 50.7 Å². The van der Waals surface area contributed by atoms with E-state index >= 15 is 0 Å². The van der Waals surface area contributed by atoms with Crippen molar-refractivity contribution < 1.29 is 18.9 Å². The molecule has 0 amide bonds. The minimum atomic E-state index is 0.298. The molecule has 0 aliphatic heterocycles. The summed E-state index contributed by atoms with van der Waals surface area (Å²) in [7, 11) is 6.64. The van der Waals surface area contributed by atoms with Gasteiger partial charge in [0.2, 0.25) is 5.75 Å². The summed E-state index contributed by atoms with van der Waals surface area (Å²) in [5.41, 5.74) is 5.27. The maximum atomic E-state index is 5.62. The molecule has 29 heavy (non-hydrogen) atoms. The van der Waals surface area contributed by atoms with Gasteiger partial charge in [-0.2, -0.15) is 0 Å². The first kappa shape index (κ1) is 21.1. The average Bonchev–Trinajstić information content (AvgIpc) is 2.73. The number of hydrogen-bond donors (Lipinski definition) is 0. The second-order valence-corrected chi connectivity index (χ2v) is 8.32. The fraction of sp³-hybridized carbons (Fsp3) is 0.440. The lowest BCUT2D eigenvalue weighted by molar-refractivity contribution is 0.290. The second kappa shape index (κ2) is 8.81. The summed E-state index contributed by atoms with van der Waals surface area (Å²) in [5, 5.41) is 0. The van der Waals surface area contributed by atoms with E-state index in [4.69, 9.17) is 18.9 Å². The molecule has 0 aromatic heterocycles. The van der Waals surface area contributed by atoms with Crippen LogP contribution >= 0.6 is 0 Å². The Kier molecular flexibility index (Phi) is 6.41. The third kappa shape index (κ3) is 4.52. The summed E-state index contributed by atoms with van der Waals surface area (Å²) in [5.74, 6) is 2.81. The van der Waals surface area contributed by atoms with Crippen LogP contribution in [0.15, 0.2) is 42.0 Å². The van der Waals surface area contributed by atoms with E-state index in [0.29, 0.717) is 22.7 Å². The predicted molar refractivity (Wildman–Crippen MR) is 117 cm³/mol. The molecule has 0 heterocycles. The van der Waals surface area contributed by atoms with E-state index in [1.807, 2.05) is 12.1 Å². The van der Waals surface area contributed by atoms with Crippen molar-refractivity contribution in [2.45, 2.75) is 39.5 Å². The van der Waals surface area contributed by atoms with E-state index in [0.717, 1.165) is 24.2 Å². The normalized spacial score (nSPS) is 17.4. The number of hydrogen-bond acceptors (Lipinski definition) is 4. The molecule has 4 nitrogen and oxygen atoms in total. The Morgan fingerprint density at radius 2 is 1.41 bits per heavy atom. The third-order valence-corrected chi connectivity index (χ3v) is 5.71. The number of allylic oxidation sites excluding steroid dienone is 1. The fourth-order valence-electron chi connectivity index (χ4n) is 4.31. The van der Waals surface area contributed by atoms with E-state index in [-0.39, 0.29) is 0 Å². The van der Waals surface area contributed by atoms with Crippen molar-refractivity contribution in [1.29, 1.82) is 0 Å². The molecule has 0 bridgehead atoms. The van der Waals surface area contributed by atoms with Crippen molar-refractivity contribution >= 4 is 5.57 Å². The number of methoxy groups -OCH3 is 4. The summed E-state index contributed by atoms with van der Waals surface area (Å²) in [6.45, 7) is 4.71. The van der Waals surface area contributed by atoms with Crippen LogP contribution in [-0.4, -0.2) is 28.4 Å². The maximum absolute atomic E-state index is 5.62. The molecular weight excluding hydrogens is 364 g/mol. The Hall–Kier alpha value is -2.62. The van der Waals surface area contributed by atoms with Gasteiger partial charge < -0.3 is 18.9 Å². The van der Waals surface area contributed by atoms with Gasteiger partial charge in [0, 0.05) is 0 Å². The molecule has 1 fully saturated rings. The average molecular weight is 397 g/mol. The van der Waals surface area contributed by atoms with Crippen molar-refractivity contribution in [2.24, 2.45) is 5.41 Å². The third-order valence-electron chi connectivity index (χ3n) is 5.71. The number of ether oxygens (including phenoxy) is 4. The van der Waals surface area contributed by atoms with Crippen LogP contribution in [0.4, 0.5) is 0 Å². The fourth-order valence-corrected chi connectivity index (χ4v) is 4.31. The summed E-state index contributed by atoms with van der Waals surface area (Å²) in [4.78, 5) is 0. The summed E-state index contributed by atoms with van der Waals surface area (Å²) in [6, 6.07) is 12.4. The molecule has 2 aromatic rings. The van der Waals surface area contributed by atoms with Gasteiger partial charge in [-0.3, -0.25) is 0 Å². The summed E-state index contributed by atoms with van der Waals surface area (Å²) in [6.07, 6.45) is 4.63. The van der Waals surface area contributed by atoms with Crippen LogP contribution in [0, 0.1) is 5.41 Å². The summed E-state index contributed by atoms with van der Waals surface area (Å²) < 4.78 is 22.1. The standard InChI is InChI=1S/C25H32O4/c1-25(2)13-7-8-18(16-25)23(17-9-11-20(26-3)12-10-17)19-14-21(27-4)24(29-6)22(15-19)28-5/h9-12,14-15H,7-8,13,16H2,1-6H3/b23-18+. The smallest absolute Gasteiger partial charge is 0.203 e. The molecule has 1 aliphatic rings. The Morgan fingerprint density at radius 1 is 0.793 bits per heavy atom. The van der Waals surface area contributed by atoms with Gasteiger partial charge in [0.15, 0.2) is 11.5 Å². The Morgan fingerprint density at radius 3 is 1.90 bits per heavy atom. The molecule has 1 aliphatic carbocycles. The van der Waals surface area contributed by atoms with Crippen LogP contribution in [0.5, 0.6) is 23.0 Å². The lowest BCUT2D eigenvalue weighted by Gasteiger charge is -2.33.